The van der Waals surface area contributed by atoms with Crippen molar-refractivity contribution in [3.05, 3.63) is 80.6 Å². The van der Waals surface area contributed by atoms with Gasteiger partial charge < -0.3 is 0 Å². The third-order valence-corrected chi connectivity index (χ3v) is 11.6. The highest BCUT2D eigenvalue weighted by atomic mass is 32.2. The third kappa shape index (κ3) is 5.04. The van der Waals surface area contributed by atoms with Gasteiger partial charge in [-0.25, -0.2) is 0 Å². The topological polar surface area (TPSA) is 47.6 Å². The summed E-state index contributed by atoms with van der Waals surface area (Å²) >= 11 is 7.91. The maximum atomic E-state index is 9.09. The van der Waals surface area contributed by atoms with Crippen LogP contribution in [0.25, 0.3) is 9.81 Å². The van der Waals surface area contributed by atoms with Gasteiger partial charge >= 0.3 is 0 Å². The van der Waals surface area contributed by atoms with Crippen LogP contribution in [-0.4, -0.2) is 23.0 Å². The van der Waals surface area contributed by atoms with Crippen molar-refractivity contribution in [2.75, 3.05) is 23.0 Å². The van der Waals surface area contributed by atoms with E-state index in [2.05, 4.69) is 50.3 Å². The molecular weight excluding hydrogens is 457 g/mol. The third-order valence-electron chi connectivity index (χ3n) is 5.43. The Balaban J connectivity index is 1.50. The van der Waals surface area contributed by atoms with Gasteiger partial charge in [-0.3, -0.25) is 0 Å². The Labute approximate surface area is 201 Å². The molecule has 0 saturated heterocycles. The Morgan fingerprint density at radius 3 is 1.32 bits per heavy atom. The zero-order valence-corrected chi connectivity index (χ0v) is 20.7. The summed E-state index contributed by atoms with van der Waals surface area (Å²) in [5.74, 6) is 4.44. The molecule has 2 nitrogen and oxygen atoms in total. The van der Waals surface area contributed by atoms with Gasteiger partial charge in [0.15, 0.2) is 0 Å². The van der Waals surface area contributed by atoms with Gasteiger partial charge in [-0.15, -0.1) is 47.0 Å². The largest absolute Gasteiger partial charge is 0.192 e. The quantitative estimate of drug-likeness (QED) is 0.446. The van der Waals surface area contributed by atoms with Crippen molar-refractivity contribution in [3.63, 3.8) is 0 Å². The first-order chi connectivity index (χ1) is 15.0. The second-order valence-electron chi connectivity index (χ2n) is 7.80. The van der Waals surface area contributed by atoms with E-state index in [1.807, 2.05) is 71.3 Å². The fraction of sp³-hybridized carbons (Fsp3) is 0.280. The molecule has 0 unspecified atom stereocenters. The van der Waals surface area contributed by atoms with E-state index in [-0.39, 0.29) is 5.41 Å². The van der Waals surface area contributed by atoms with Gasteiger partial charge in [-0.2, -0.15) is 10.5 Å². The molecule has 6 heteroatoms. The molecule has 0 amide bonds. The zero-order valence-electron chi connectivity index (χ0n) is 17.5. The molecule has 2 aliphatic rings. The molecule has 2 aromatic carbocycles. The van der Waals surface area contributed by atoms with Crippen LogP contribution in [0.4, 0.5) is 0 Å². The Bertz CT molecular complexity index is 1020. The first kappa shape index (κ1) is 22.5. The first-order valence-electron chi connectivity index (χ1n) is 9.98. The van der Waals surface area contributed by atoms with E-state index in [0.717, 1.165) is 23.0 Å². The number of nitriles is 2. The molecule has 1 spiro atoms. The summed E-state index contributed by atoms with van der Waals surface area (Å²) in [7, 11) is 0. The Morgan fingerprint density at radius 2 is 0.968 bits per heavy atom. The number of hydrogen-bond donors (Lipinski definition) is 0. The molecule has 0 bridgehead atoms. The standard InChI is InChI=1S/C25H22N2S4/c1-17-23(21-7-3-19(11-26)4-8-21)30-15-25(13-28-17)14-29-18(2)24(31-16-25)22-9-5-20(12-27)6-10-22/h3-10H,13-16H2,1-2H3. The van der Waals surface area contributed by atoms with Crippen molar-refractivity contribution in [1.82, 2.24) is 0 Å². The molecule has 156 valence electrons. The lowest BCUT2D eigenvalue weighted by molar-refractivity contribution is 0.519. The number of nitrogens with zero attached hydrogens (tertiary/aromatic N) is 2. The average molecular weight is 479 g/mol. The number of benzene rings is 2. The minimum Gasteiger partial charge on any atom is -0.192 e. The van der Waals surface area contributed by atoms with Crippen molar-refractivity contribution in [1.29, 1.82) is 10.5 Å². The molecule has 0 atom stereocenters. The molecule has 31 heavy (non-hydrogen) atoms. The van der Waals surface area contributed by atoms with E-state index in [1.165, 1.54) is 30.7 Å². The molecule has 0 N–H and O–H groups in total. The molecule has 2 aliphatic heterocycles. The Hall–Kier alpha value is -1.70. The highest BCUT2D eigenvalue weighted by Gasteiger charge is 2.36. The molecule has 2 heterocycles. The molecule has 0 saturated carbocycles. The van der Waals surface area contributed by atoms with Crippen molar-refractivity contribution < 1.29 is 0 Å². The average Bonchev–Trinajstić information content (AvgIpc) is 3.08. The van der Waals surface area contributed by atoms with E-state index in [1.54, 1.807) is 0 Å². The summed E-state index contributed by atoms with van der Waals surface area (Å²) in [6.07, 6.45) is 0. The van der Waals surface area contributed by atoms with Crippen LogP contribution >= 0.6 is 47.0 Å². The lowest BCUT2D eigenvalue weighted by Gasteiger charge is -2.30. The summed E-state index contributed by atoms with van der Waals surface area (Å²) in [6, 6.07) is 20.4. The number of hydrogen-bond acceptors (Lipinski definition) is 6. The van der Waals surface area contributed by atoms with Crippen LogP contribution in [0.1, 0.15) is 36.1 Å². The fourth-order valence-corrected chi connectivity index (χ4v) is 9.69. The van der Waals surface area contributed by atoms with Crippen LogP contribution in [0.15, 0.2) is 58.3 Å². The molecule has 0 radical (unpaired) electrons. The molecule has 0 aliphatic carbocycles. The van der Waals surface area contributed by atoms with Crippen LogP contribution in [0, 0.1) is 28.1 Å². The predicted molar refractivity (Wildman–Crippen MR) is 140 cm³/mol. The summed E-state index contributed by atoms with van der Waals surface area (Å²) in [5, 5.41) is 18.2. The van der Waals surface area contributed by atoms with E-state index >= 15 is 0 Å². The molecule has 4 rings (SSSR count). The van der Waals surface area contributed by atoms with Crippen molar-refractivity contribution in [3.8, 4) is 12.1 Å². The van der Waals surface area contributed by atoms with Crippen molar-refractivity contribution >= 4 is 56.9 Å². The van der Waals surface area contributed by atoms with Gasteiger partial charge in [0.1, 0.15) is 0 Å². The normalized spacial score (nSPS) is 18.8. The zero-order chi connectivity index (χ0) is 21.8. The second kappa shape index (κ2) is 9.84. The minimum atomic E-state index is 0.260. The number of thioether (sulfide) groups is 4. The molecule has 0 fully saturated rings. The van der Waals surface area contributed by atoms with Gasteiger partial charge in [0, 0.05) is 38.2 Å². The van der Waals surface area contributed by atoms with Gasteiger partial charge in [-0.05, 0) is 59.1 Å². The maximum Gasteiger partial charge on any atom is 0.0991 e. The minimum absolute atomic E-state index is 0.260. The number of rotatable bonds is 2. The van der Waals surface area contributed by atoms with Gasteiger partial charge in [0.05, 0.1) is 23.3 Å². The van der Waals surface area contributed by atoms with E-state index in [4.69, 9.17) is 10.5 Å². The Morgan fingerprint density at radius 1 is 0.613 bits per heavy atom. The smallest absolute Gasteiger partial charge is 0.0991 e. The summed E-state index contributed by atoms with van der Waals surface area (Å²) in [6.45, 7) is 4.46. The molecule has 2 aromatic rings. The van der Waals surface area contributed by atoms with Crippen LogP contribution in [0.5, 0.6) is 0 Å². The van der Waals surface area contributed by atoms with Crippen LogP contribution in [0.3, 0.4) is 0 Å². The fourth-order valence-electron chi connectivity index (χ4n) is 3.52. The lowest BCUT2D eigenvalue weighted by Crippen LogP contribution is -2.31. The van der Waals surface area contributed by atoms with E-state index < -0.39 is 0 Å². The molecular formula is C25H22N2S4. The van der Waals surface area contributed by atoms with Crippen molar-refractivity contribution in [2.45, 2.75) is 13.8 Å². The first-order valence-corrected chi connectivity index (χ1v) is 13.9. The summed E-state index contributed by atoms with van der Waals surface area (Å²) in [4.78, 5) is 5.45. The van der Waals surface area contributed by atoms with Gasteiger partial charge in [0.25, 0.3) is 0 Å². The predicted octanol–water partition coefficient (Wildman–Crippen LogP) is 7.45. The van der Waals surface area contributed by atoms with E-state index in [9.17, 15) is 0 Å². The van der Waals surface area contributed by atoms with Crippen LogP contribution < -0.4 is 0 Å². The molecule has 0 aromatic heterocycles. The monoisotopic (exact) mass is 478 g/mol. The maximum absolute atomic E-state index is 9.09. The van der Waals surface area contributed by atoms with Crippen molar-refractivity contribution in [2.24, 2.45) is 5.41 Å². The summed E-state index contributed by atoms with van der Waals surface area (Å²) < 4.78 is 0. The highest BCUT2D eigenvalue weighted by Crippen LogP contribution is 2.52. The van der Waals surface area contributed by atoms with Gasteiger partial charge in [-0.1, -0.05) is 24.3 Å². The lowest BCUT2D eigenvalue weighted by atomic mass is 9.99. The van der Waals surface area contributed by atoms with Crippen LogP contribution in [-0.2, 0) is 0 Å². The Kier molecular flexibility index (Phi) is 7.14. The second-order valence-corrected chi connectivity index (χ2v) is 12.2. The highest BCUT2D eigenvalue weighted by molar-refractivity contribution is 8.13. The van der Waals surface area contributed by atoms with Gasteiger partial charge in [0.2, 0.25) is 0 Å². The van der Waals surface area contributed by atoms with Crippen LogP contribution in [0.2, 0.25) is 0 Å². The summed E-state index contributed by atoms with van der Waals surface area (Å²) in [5.41, 5.74) is 4.10. The number of allylic oxidation sites excluding steroid dienone is 2. The SMILES string of the molecule is CC1=C(c2ccc(C#N)cc2)SCC2(CS1)CSC(C)=C(c1ccc(C#N)cc1)SC2. The van der Waals surface area contributed by atoms with E-state index in [0.29, 0.717) is 11.1 Å².